The smallest absolute Gasteiger partial charge is 0.251 e. The van der Waals surface area contributed by atoms with Crippen LogP contribution in [0.25, 0.3) is 38.9 Å². The van der Waals surface area contributed by atoms with Crippen molar-refractivity contribution in [3.63, 3.8) is 0 Å². The van der Waals surface area contributed by atoms with Crippen molar-refractivity contribution < 1.29 is 13.9 Å². The van der Waals surface area contributed by atoms with Crippen molar-refractivity contribution in [3.05, 3.63) is 66.0 Å². The first-order valence-corrected chi connectivity index (χ1v) is 11.2. The lowest BCUT2D eigenvalue weighted by Crippen LogP contribution is -1.97. The van der Waals surface area contributed by atoms with Crippen molar-refractivity contribution in [1.29, 1.82) is 0 Å². The molecule has 0 aliphatic carbocycles. The molecule has 6 aromatic rings. The molecule has 0 atom stereocenters. The molecule has 0 radical (unpaired) electrons. The number of fused-ring (bicyclic) bond motifs is 2. The van der Waals surface area contributed by atoms with E-state index in [4.69, 9.17) is 13.9 Å². The van der Waals surface area contributed by atoms with E-state index >= 15 is 0 Å². The Morgan fingerprint density at radius 1 is 1.06 bits per heavy atom. The van der Waals surface area contributed by atoms with Gasteiger partial charge in [0, 0.05) is 29.9 Å². The number of aromatic nitrogens is 7. The summed E-state index contributed by atoms with van der Waals surface area (Å²) in [4.78, 5) is 21.8. The quantitative estimate of drug-likeness (QED) is 0.350. The van der Waals surface area contributed by atoms with Crippen molar-refractivity contribution in [2.45, 2.75) is 13.5 Å². The minimum Gasteiger partial charge on any atom is -0.496 e. The van der Waals surface area contributed by atoms with Crippen LogP contribution >= 0.6 is 11.3 Å². The van der Waals surface area contributed by atoms with Gasteiger partial charge >= 0.3 is 0 Å². The number of methoxy groups -OCH3 is 1. The topological polar surface area (TPSA) is 113 Å². The Balaban J connectivity index is 1.32. The van der Waals surface area contributed by atoms with E-state index < -0.39 is 0 Å². The number of hydrogen-bond donors (Lipinski definition) is 0. The highest BCUT2D eigenvalue weighted by molar-refractivity contribution is 7.13. The maximum atomic E-state index is 6.14. The van der Waals surface area contributed by atoms with Crippen molar-refractivity contribution in [2.24, 2.45) is 0 Å². The van der Waals surface area contributed by atoms with Gasteiger partial charge in [0.1, 0.15) is 40.1 Å². The number of imidazole rings is 1. The van der Waals surface area contributed by atoms with Crippen LogP contribution in [0, 0.1) is 6.92 Å². The molecule has 0 saturated heterocycles. The maximum absolute atomic E-state index is 6.14. The first kappa shape index (κ1) is 20.2. The summed E-state index contributed by atoms with van der Waals surface area (Å²) in [6.07, 6.45) is 8.43. The van der Waals surface area contributed by atoms with E-state index in [-0.39, 0.29) is 6.61 Å². The molecule has 34 heavy (non-hydrogen) atoms. The van der Waals surface area contributed by atoms with Crippen LogP contribution in [0.4, 0.5) is 0 Å². The number of rotatable bonds is 6. The fourth-order valence-corrected chi connectivity index (χ4v) is 4.25. The summed E-state index contributed by atoms with van der Waals surface area (Å²) in [7, 11) is 1.60. The predicted molar refractivity (Wildman–Crippen MR) is 125 cm³/mol. The van der Waals surface area contributed by atoms with Crippen molar-refractivity contribution in [1.82, 2.24) is 34.5 Å². The van der Waals surface area contributed by atoms with Gasteiger partial charge in [-0.15, -0.1) is 11.3 Å². The molecule has 1 aromatic carbocycles. The molecule has 0 unspecified atom stereocenters. The summed E-state index contributed by atoms with van der Waals surface area (Å²) in [6.45, 7) is 2.16. The first-order chi connectivity index (χ1) is 16.7. The van der Waals surface area contributed by atoms with Gasteiger partial charge in [-0.1, -0.05) is 0 Å². The monoisotopic (exact) mass is 471 g/mol. The second-order valence-corrected chi connectivity index (χ2v) is 8.30. The lowest BCUT2D eigenvalue weighted by Gasteiger charge is -2.07. The molecule has 0 fully saturated rings. The van der Waals surface area contributed by atoms with Crippen LogP contribution < -0.4 is 9.47 Å². The Bertz CT molecular complexity index is 1620. The number of thiazole rings is 1. The third-order valence-electron chi connectivity index (χ3n) is 5.07. The molecule has 5 heterocycles. The molecule has 0 spiro atoms. The zero-order chi connectivity index (χ0) is 23.1. The fourth-order valence-electron chi connectivity index (χ4n) is 3.49. The molecule has 0 aliphatic heterocycles. The second-order valence-electron chi connectivity index (χ2n) is 7.44. The van der Waals surface area contributed by atoms with E-state index in [1.165, 1.54) is 11.3 Å². The molecule has 0 amide bonds. The minimum absolute atomic E-state index is 0.279. The SMILES string of the molecule is COc1cc(OCc2csc(-c3cnccn3)n2)c2cc(-c3cn4nc(C)cnc4n3)oc2c1. The standard InChI is InChI=1S/C23H17N7O3S/c1-13-8-26-23-28-18(10-30(23)29-13)21-7-16-19(5-15(31-2)6-20(16)33-21)32-11-14-12-34-22(27-14)17-9-24-3-4-25-17/h3-10,12H,11H2,1-2H3. The van der Waals surface area contributed by atoms with Gasteiger partial charge in [0.15, 0.2) is 5.76 Å². The minimum atomic E-state index is 0.279. The summed E-state index contributed by atoms with van der Waals surface area (Å²) in [5.41, 5.74) is 3.56. The third kappa shape index (κ3) is 3.71. The van der Waals surface area contributed by atoms with Gasteiger partial charge in [-0.3, -0.25) is 9.97 Å². The Morgan fingerprint density at radius 3 is 2.85 bits per heavy atom. The van der Waals surface area contributed by atoms with Crippen LogP contribution in [0.2, 0.25) is 0 Å². The molecule has 5 aromatic heterocycles. The van der Waals surface area contributed by atoms with Gasteiger partial charge in [0.05, 0.1) is 42.5 Å². The van der Waals surface area contributed by atoms with E-state index in [1.54, 1.807) is 42.6 Å². The van der Waals surface area contributed by atoms with Crippen LogP contribution in [0.15, 0.2) is 59.0 Å². The lowest BCUT2D eigenvalue weighted by molar-refractivity contribution is 0.303. The Hall–Kier alpha value is -4.38. The Kier molecular flexibility index (Phi) is 4.88. The highest BCUT2D eigenvalue weighted by Crippen LogP contribution is 2.37. The van der Waals surface area contributed by atoms with E-state index in [9.17, 15) is 0 Å². The summed E-state index contributed by atoms with van der Waals surface area (Å²) < 4.78 is 19.3. The van der Waals surface area contributed by atoms with Gasteiger partial charge in [0.25, 0.3) is 5.78 Å². The normalized spacial score (nSPS) is 11.4. The molecular formula is C23H17N7O3S. The van der Waals surface area contributed by atoms with Gasteiger partial charge in [0.2, 0.25) is 0 Å². The average molecular weight is 472 g/mol. The largest absolute Gasteiger partial charge is 0.496 e. The average Bonchev–Trinajstić information content (AvgIpc) is 3.60. The molecule has 6 rings (SSSR count). The molecule has 0 bridgehead atoms. The van der Waals surface area contributed by atoms with E-state index in [0.717, 1.165) is 27.5 Å². The van der Waals surface area contributed by atoms with Gasteiger partial charge in [-0.2, -0.15) is 5.10 Å². The number of benzene rings is 1. The van der Waals surface area contributed by atoms with Gasteiger partial charge in [-0.05, 0) is 13.0 Å². The number of furan rings is 1. The van der Waals surface area contributed by atoms with Crippen LogP contribution in [0.5, 0.6) is 11.5 Å². The third-order valence-corrected chi connectivity index (χ3v) is 5.99. The van der Waals surface area contributed by atoms with E-state index in [1.807, 2.05) is 30.5 Å². The van der Waals surface area contributed by atoms with Gasteiger partial charge < -0.3 is 13.9 Å². The molecule has 0 aliphatic rings. The second kappa shape index (κ2) is 8.19. The van der Waals surface area contributed by atoms with Gasteiger partial charge in [-0.25, -0.2) is 19.5 Å². The number of ether oxygens (including phenoxy) is 2. The van der Waals surface area contributed by atoms with Crippen LogP contribution in [-0.4, -0.2) is 41.6 Å². The molecule has 168 valence electrons. The summed E-state index contributed by atoms with van der Waals surface area (Å²) in [5, 5.41) is 7.93. The maximum Gasteiger partial charge on any atom is 0.251 e. The lowest BCUT2D eigenvalue weighted by atomic mass is 10.2. The molecular weight excluding hydrogens is 454 g/mol. The zero-order valence-electron chi connectivity index (χ0n) is 18.2. The van der Waals surface area contributed by atoms with Crippen LogP contribution in [0.3, 0.4) is 0 Å². The van der Waals surface area contributed by atoms with E-state index in [2.05, 4.69) is 30.0 Å². The number of nitrogens with zero attached hydrogens (tertiary/aromatic N) is 7. The zero-order valence-corrected chi connectivity index (χ0v) is 19.0. The van der Waals surface area contributed by atoms with Crippen LogP contribution in [-0.2, 0) is 6.61 Å². The Labute approximate surface area is 196 Å². The number of aryl methyl sites for hydroxylation is 1. The van der Waals surface area contributed by atoms with Crippen molar-refractivity contribution in [3.8, 4) is 33.7 Å². The summed E-state index contributed by atoms with van der Waals surface area (Å²) in [6, 6.07) is 5.54. The summed E-state index contributed by atoms with van der Waals surface area (Å²) >= 11 is 1.49. The predicted octanol–water partition coefficient (Wildman–Crippen LogP) is 4.35. The molecule has 0 saturated carbocycles. The first-order valence-electron chi connectivity index (χ1n) is 10.3. The molecule has 10 nitrogen and oxygen atoms in total. The highest BCUT2D eigenvalue weighted by atomic mass is 32.1. The summed E-state index contributed by atoms with van der Waals surface area (Å²) in [5.74, 6) is 2.32. The Morgan fingerprint density at radius 2 is 2.00 bits per heavy atom. The highest BCUT2D eigenvalue weighted by Gasteiger charge is 2.17. The molecule has 0 N–H and O–H groups in total. The van der Waals surface area contributed by atoms with E-state index in [0.29, 0.717) is 34.3 Å². The van der Waals surface area contributed by atoms with Crippen molar-refractivity contribution in [2.75, 3.05) is 7.11 Å². The molecule has 11 heteroatoms. The fraction of sp³-hybridized carbons (Fsp3) is 0.130. The number of hydrogen-bond acceptors (Lipinski definition) is 10. The van der Waals surface area contributed by atoms with Crippen molar-refractivity contribution >= 4 is 28.1 Å². The van der Waals surface area contributed by atoms with Crippen LogP contribution in [0.1, 0.15) is 11.4 Å².